The Morgan fingerprint density at radius 1 is 1.39 bits per heavy atom. The number of rotatable bonds is 6. The third-order valence-electron chi connectivity index (χ3n) is 2.89. The Bertz CT molecular complexity index is 468. The summed E-state index contributed by atoms with van der Waals surface area (Å²) >= 11 is 0. The number of hydrogen-bond donors (Lipinski definition) is 3. The van der Waals surface area contributed by atoms with Crippen molar-refractivity contribution in [3.63, 3.8) is 0 Å². The molecule has 4 nitrogen and oxygen atoms in total. The number of hydrogen-bond acceptors (Lipinski definition) is 3. The number of nitrogens with one attached hydrogen (secondary N) is 2. The first kappa shape index (κ1) is 12.7. The van der Waals surface area contributed by atoms with Gasteiger partial charge in [0.1, 0.15) is 5.75 Å². The van der Waals surface area contributed by atoms with Crippen molar-refractivity contribution in [1.29, 1.82) is 0 Å². The van der Waals surface area contributed by atoms with E-state index in [-0.39, 0.29) is 12.6 Å². The van der Waals surface area contributed by atoms with Gasteiger partial charge in [-0.05, 0) is 29.3 Å². The number of aromatic nitrogens is 1. The minimum absolute atomic E-state index is 0.0532. The van der Waals surface area contributed by atoms with Crippen molar-refractivity contribution in [1.82, 2.24) is 10.3 Å². The molecule has 0 saturated heterocycles. The highest BCUT2D eigenvalue weighted by atomic mass is 16.5. The molecule has 3 N–H and O–H groups in total. The molecule has 18 heavy (non-hydrogen) atoms. The molecule has 1 aromatic carbocycles. The number of H-pyrrole nitrogens is 1. The third kappa shape index (κ3) is 3.12. The van der Waals surface area contributed by atoms with Crippen LogP contribution in [0.2, 0.25) is 0 Å². The van der Waals surface area contributed by atoms with Gasteiger partial charge < -0.3 is 20.1 Å². The lowest BCUT2D eigenvalue weighted by atomic mass is 10.1. The first-order valence-corrected chi connectivity index (χ1v) is 5.93. The Hall–Kier alpha value is -1.78. The smallest absolute Gasteiger partial charge is 0.119 e. The van der Waals surface area contributed by atoms with Crippen LogP contribution in [-0.2, 0) is 6.54 Å². The Balaban J connectivity index is 2.03. The summed E-state index contributed by atoms with van der Waals surface area (Å²) in [4.78, 5) is 3.01. The number of aliphatic hydroxyl groups is 1. The fraction of sp³-hybridized carbons (Fsp3) is 0.286. The van der Waals surface area contributed by atoms with Crippen molar-refractivity contribution < 1.29 is 9.84 Å². The first-order valence-electron chi connectivity index (χ1n) is 5.93. The molecule has 96 valence electrons. The SMILES string of the molecule is COc1cccc(C(CO)NCc2cc[nH]c2)c1. The quantitative estimate of drug-likeness (QED) is 0.729. The van der Waals surface area contributed by atoms with E-state index in [2.05, 4.69) is 10.3 Å². The molecule has 0 bridgehead atoms. The fourth-order valence-corrected chi connectivity index (χ4v) is 1.86. The molecular formula is C14H18N2O2. The van der Waals surface area contributed by atoms with Gasteiger partial charge in [-0.3, -0.25) is 0 Å². The number of benzene rings is 1. The molecule has 4 heteroatoms. The normalized spacial score (nSPS) is 12.3. The first-order chi connectivity index (χ1) is 8.83. The van der Waals surface area contributed by atoms with Crippen LogP contribution in [0.4, 0.5) is 0 Å². The van der Waals surface area contributed by atoms with Crippen molar-refractivity contribution in [3.8, 4) is 5.75 Å². The zero-order valence-corrected chi connectivity index (χ0v) is 10.4. The standard InChI is InChI=1S/C14H18N2O2/c1-18-13-4-2-3-12(7-13)14(10-17)16-9-11-5-6-15-8-11/h2-8,14-17H,9-10H2,1H3. The second-order valence-corrected chi connectivity index (χ2v) is 4.11. The Morgan fingerprint density at radius 3 is 2.94 bits per heavy atom. The molecule has 0 radical (unpaired) electrons. The molecule has 1 heterocycles. The average Bonchev–Trinajstić information content (AvgIpc) is 2.93. The van der Waals surface area contributed by atoms with Crippen molar-refractivity contribution in [2.75, 3.05) is 13.7 Å². The van der Waals surface area contributed by atoms with Crippen molar-refractivity contribution in [2.24, 2.45) is 0 Å². The van der Waals surface area contributed by atoms with E-state index < -0.39 is 0 Å². The summed E-state index contributed by atoms with van der Waals surface area (Å²) in [6.45, 7) is 0.767. The number of ether oxygens (including phenoxy) is 1. The zero-order chi connectivity index (χ0) is 12.8. The predicted octanol–water partition coefficient (Wildman–Crippen LogP) is 1.85. The van der Waals surface area contributed by atoms with Gasteiger partial charge in [-0.1, -0.05) is 12.1 Å². The Labute approximate surface area is 107 Å². The molecule has 0 saturated carbocycles. The Kier molecular flexibility index (Phi) is 4.39. The molecule has 0 amide bonds. The highest BCUT2D eigenvalue weighted by molar-refractivity contribution is 5.30. The minimum atomic E-state index is -0.0880. The number of aromatic amines is 1. The van der Waals surface area contributed by atoms with Crippen molar-refractivity contribution in [3.05, 3.63) is 53.9 Å². The highest BCUT2D eigenvalue weighted by Crippen LogP contribution is 2.19. The molecule has 0 fully saturated rings. The molecule has 1 unspecified atom stereocenters. The lowest BCUT2D eigenvalue weighted by Gasteiger charge is -2.17. The van der Waals surface area contributed by atoms with E-state index >= 15 is 0 Å². The molecule has 0 spiro atoms. The summed E-state index contributed by atoms with van der Waals surface area (Å²) in [5, 5.41) is 12.8. The molecular weight excluding hydrogens is 228 g/mol. The summed E-state index contributed by atoms with van der Waals surface area (Å²) in [5.41, 5.74) is 2.18. The fourth-order valence-electron chi connectivity index (χ4n) is 1.86. The van der Waals surface area contributed by atoms with Crippen LogP contribution >= 0.6 is 0 Å². The molecule has 0 aliphatic heterocycles. The maximum Gasteiger partial charge on any atom is 0.119 e. The average molecular weight is 246 g/mol. The third-order valence-corrected chi connectivity index (χ3v) is 2.89. The summed E-state index contributed by atoms with van der Waals surface area (Å²) < 4.78 is 5.19. The lowest BCUT2D eigenvalue weighted by Crippen LogP contribution is -2.23. The van der Waals surface area contributed by atoms with Gasteiger partial charge in [0.15, 0.2) is 0 Å². The van der Waals surface area contributed by atoms with Gasteiger partial charge in [0.2, 0.25) is 0 Å². The maximum atomic E-state index is 9.46. The van der Waals surface area contributed by atoms with E-state index in [1.807, 2.05) is 42.7 Å². The van der Waals surface area contributed by atoms with Crippen LogP contribution < -0.4 is 10.1 Å². The molecule has 2 aromatic rings. The van der Waals surface area contributed by atoms with Crippen LogP contribution in [0.25, 0.3) is 0 Å². The molecule has 1 aromatic heterocycles. The van der Waals surface area contributed by atoms with Crippen molar-refractivity contribution >= 4 is 0 Å². The molecule has 0 aliphatic rings. The van der Waals surface area contributed by atoms with Crippen LogP contribution in [0.1, 0.15) is 17.2 Å². The monoisotopic (exact) mass is 246 g/mol. The molecule has 1 atom stereocenters. The van der Waals surface area contributed by atoms with Crippen LogP contribution in [-0.4, -0.2) is 23.8 Å². The largest absolute Gasteiger partial charge is 0.497 e. The van der Waals surface area contributed by atoms with Crippen molar-refractivity contribution in [2.45, 2.75) is 12.6 Å². The molecule has 0 aliphatic carbocycles. The van der Waals surface area contributed by atoms with Gasteiger partial charge in [0.25, 0.3) is 0 Å². The van der Waals surface area contributed by atoms with E-state index in [0.29, 0.717) is 6.54 Å². The number of methoxy groups -OCH3 is 1. The van der Waals surface area contributed by atoms with Gasteiger partial charge in [-0.2, -0.15) is 0 Å². The zero-order valence-electron chi connectivity index (χ0n) is 10.4. The van der Waals surface area contributed by atoms with E-state index in [1.165, 1.54) is 0 Å². The van der Waals surface area contributed by atoms with Gasteiger partial charge in [0.05, 0.1) is 19.8 Å². The second-order valence-electron chi connectivity index (χ2n) is 4.11. The minimum Gasteiger partial charge on any atom is -0.497 e. The van der Waals surface area contributed by atoms with E-state index in [0.717, 1.165) is 16.9 Å². The van der Waals surface area contributed by atoms with Crippen LogP contribution in [0.15, 0.2) is 42.7 Å². The second kappa shape index (κ2) is 6.23. The van der Waals surface area contributed by atoms with Crippen LogP contribution in [0.3, 0.4) is 0 Å². The summed E-state index contributed by atoms with van der Waals surface area (Å²) in [7, 11) is 1.64. The lowest BCUT2D eigenvalue weighted by molar-refractivity contribution is 0.243. The summed E-state index contributed by atoms with van der Waals surface area (Å²) in [5.74, 6) is 0.800. The van der Waals surface area contributed by atoms with Gasteiger partial charge in [-0.15, -0.1) is 0 Å². The maximum absolute atomic E-state index is 9.46. The van der Waals surface area contributed by atoms with Gasteiger partial charge in [-0.25, -0.2) is 0 Å². The highest BCUT2D eigenvalue weighted by Gasteiger charge is 2.10. The van der Waals surface area contributed by atoms with Gasteiger partial charge in [0, 0.05) is 18.9 Å². The van der Waals surface area contributed by atoms with Gasteiger partial charge >= 0.3 is 0 Å². The van der Waals surface area contributed by atoms with Crippen LogP contribution in [0.5, 0.6) is 5.75 Å². The summed E-state index contributed by atoms with van der Waals surface area (Å²) in [6.07, 6.45) is 3.82. The summed E-state index contributed by atoms with van der Waals surface area (Å²) in [6, 6.07) is 9.65. The topological polar surface area (TPSA) is 57.3 Å². The number of aliphatic hydroxyl groups excluding tert-OH is 1. The van der Waals surface area contributed by atoms with E-state index in [1.54, 1.807) is 7.11 Å². The van der Waals surface area contributed by atoms with Crippen LogP contribution in [0, 0.1) is 0 Å². The Morgan fingerprint density at radius 2 is 2.28 bits per heavy atom. The molecule has 2 rings (SSSR count). The predicted molar refractivity (Wildman–Crippen MR) is 70.5 cm³/mol. The van der Waals surface area contributed by atoms with E-state index in [4.69, 9.17) is 4.74 Å². The van der Waals surface area contributed by atoms with E-state index in [9.17, 15) is 5.11 Å².